The second-order valence-corrected chi connectivity index (χ2v) is 3.92. The van der Waals surface area contributed by atoms with Crippen LogP contribution in [0.3, 0.4) is 0 Å². The van der Waals surface area contributed by atoms with E-state index >= 15 is 0 Å². The maximum atomic E-state index is 10.6. The molecule has 2 heterocycles. The summed E-state index contributed by atoms with van der Waals surface area (Å²) >= 11 is 7.36. The molecule has 0 aliphatic rings. The molecular weight excluding hydrogens is 224 g/mol. The molecule has 0 saturated carbocycles. The van der Waals surface area contributed by atoms with Gasteiger partial charge in [-0.15, -0.1) is 11.3 Å². The van der Waals surface area contributed by atoms with E-state index in [9.17, 15) is 4.79 Å². The molecule has 0 aliphatic carbocycles. The van der Waals surface area contributed by atoms with E-state index in [0.29, 0.717) is 10.8 Å². The summed E-state index contributed by atoms with van der Waals surface area (Å²) in [5.74, 6) is -0.328. The van der Waals surface area contributed by atoms with E-state index in [1.165, 1.54) is 18.3 Å². The summed E-state index contributed by atoms with van der Waals surface area (Å²) in [6.07, 6.45) is 1.84. The Labute approximate surface area is 89.1 Å². The van der Waals surface area contributed by atoms with Crippen molar-refractivity contribution in [3.05, 3.63) is 22.4 Å². The van der Waals surface area contributed by atoms with Crippen molar-refractivity contribution in [2.24, 2.45) is 0 Å². The molecule has 0 spiro atoms. The van der Waals surface area contributed by atoms with Gasteiger partial charge in [0.15, 0.2) is 10.1 Å². The second-order valence-electron chi connectivity index (χ2n) is 2.69. The summed E-state index contributed by atoms with van der Waals surface area (Å²) in [7, 11) is 0. The molecule has 0 radical (unpaired) electrons. The van der Waals surface area contributed by atoms with Crippen LogP contribution in [-0.4, -0.2) is 15.4 Å². The van der Waals surface area contributed by atoms with Gasteiger partial charge in [0.05, 0.1) is 5.69 Å². The van der Waals surface area contributed by atoms with E-state index in [1.807, 2.05) is 16.0 Å². The molecule has 6 heteroatoms. The minimum atomic E-state index is -0.328. The molecule has 2 rings (SSSR count). The maximum Gasteiger partial charge on any atom is 0.303 e. The van der Waals surface area contributed by atoms with Gasteiger partial charge in [-0.25, -0.2) is 4.98 Å². The Bertz CT molecular complexity index is 477. The SMILES string of the molecule is CC(=O)OCc1c(Cl)nc2sccn12. The molecule has 4 nitrogen and oxygen atoms in total. The highest BCUT2D eigenvalue weighted by molar-refractivity contribution is 7.15. The summed E-state index contributed by atoms with van der Waals surface area (Å²) in [5.41, 5.74) is 0.707. The average molecular weight is 231 g/mol. The Kier molecular flexibility index (Phi) is 2.43. The van der Waals surface area contributed by atoms with Gasteiger partial charge in [-0.1, -0.05) is 11.6 Å². The number of fused-ring (bicyclic) bond motifs is 1. The highest BCUT2D eigenvalue weighted by Gasteiger charge is 2.11. The summed E-state index contributed by atoms with van der Waals surface area (Å²) in [6, 6.07) is 0. The maximum absolute atomic E-state index is 10.6. The van der Waals surface area contributed by atoms with E-state index < -0.39 is 0 Å². The number of imidazole rings is 1. The van der Waals surface area contributed by atoms with Crippen LogP contribution in [0.25, 0.3) is 4.96 Å². The van der Waals surface area contributed by atoms with E-state index in [2.05, 4.69) is 4.98 Å². The van der Waals surface area contributed by atoms with Gasteiger partial charge in [-0.05, 0) is 0 Å². The molecule has 0 bridgehead atoms. The highest BCUT2D eigenvalue weighted by atomic mass is 35.5. The summed E-state index contributed by atoms with van der Waals surface area (Å²) in [6.45, 7) is 1.52. The van der Waals surface area contributed by atoms with Crippen LogP contribution >= 0.6 is 22.9 Å². The van der Waals surface area contributed by atoms with Crippen LogP contribution in [0.15, 0.2) is 11.6 Å². The first-order valence-electron chi connectivity index (χ1n) is 3.92. The fourth-order valence-corrected chi connectivity index (χ4v) is 2.11. The molecular formula is C8H7ClN2O2S. The van der Waals surface area contributed by atoms with Gasteiger partial charge in [0.25, 0.3) is 0 Å². The van der Waals surface area contributed by atoms with Crippen LogP contribution in [-0.2, 0) is 16.1 Å². The lowest BCUT2D eigenvalue weighted by molar-refractivity contribution is -0.142. The van der Waals surface area contributed by atoms with Gasteiger partial charge in [0.2, 0.25) is 0 Å². The van der Waals surface area contributed by atoms with Crippen LogP contribution in [0.1, 0.15) is 12.6 Å². The van der Waals surface area contributed by atoms with Crippen LogP contribution < -0.4 is 0 Å². The number of ether oxygens (including phenoxy) is 1. The number of esters is 1. The predicted molar refractivity (Wildman–Crippen MR) is 53.5 cm³/mol. The number of carbonyl (C=O) groups is 1. The topological polar surface area (TPSA) is 43.6 Å². The first-order valence-corrected chi connectivity index (χ1v) is 5.17. The van der Waals surface area contributed by atoms with Crippen molar-refractivity contribution in [1.29, 1.82) is 0 Å². The number of nitrogens with zero attached hydrogens (tertiary/aromatic N) is 2. The van der Waals surface area contributed by atoms with Gasteiger partial charge < -0.3 is 4.74 Å². The Hall–Kier alpha value is -1.07. The highest BCUT2D eigenvalue weighted by Crippen LogP contribution is 2.21. The van der Waals surface area contributed by atoms with Gasteiger partial charge in [0.1, 0.15) is 6.61 Å². The minimum absolute atomic E-state index is 0.159. The minimum Gasteiger partial charge on any atom is -0.459 e. The Morgan fingerprint density at radius 2 is 2.57 bits per heavy atom. The molecule has 0 aromatic carbocycles. The molecule has 2 aromatic heterocycles. The third-order valence-corrected chi connectivity index (χ3v) is 2.78. The molecule has 2 aromatic rings. The number of hydrogen-bond donors (Lipinski definition) is 0. The average Bonchev–Trinajstić information content (AvgIpc) is 2.61. The Morgan fingerprint density at radius 1 is 1.79 bits per heavy atom. The molecule has 0 N–H and O–H groups in total. The second kappa shape index (κ2) is 3.59. The van der Waals surface area contributed by atoms with E-state index in [4.69, 9.17) is 16.3 Å². The Balaban J connectivity index is 2.34. The van der Waals surface area contributed by atoms with Crippen molar-refractivity contribution >= 4 is 33.9 Å². The normalized spacial score (nSPS) is 10.7. The standard InChI is InChI=1S/C8H7ClN2O2S/c1-5(12)13-4-6-7(9)10-8-11(6)2-3-14-8/h2-3H,4H2,1H3. The van der Waals surface area contributed by atoms with Crippen molar-refractivity contribution in [2.75, 3.05) is 0 Å². The molecule has 74 valence electrons. The third kappa shape index (κ3) is 1.60. The lowest BCUT2D eigenvalue weighted by atomic mass is 10.5. The first kappa shape index (κ1) is 9.48. The van der Waals surface area contributed by atoms with Gasteiger partial charge >= 0.3 is 5.97 Å². The lowest BCUT2D eigenvalue weighted by Gasteiger charge is -2.00. The van der Waals surface area contributed by atoms with Crippen LogP contribution in [0, 0.1) is 0 Å². The first-order chi connectivity index (χ1) is 6.68. The van der Waals surface area contributed by atoms with Gasteiger partial charge in [-0.2, -0.15) is 0 Å². The van der Waals surface area contributed by atoms with E-state index in [-0.39, 0.29) is 12.6 Å². The summed E-state index contributed by atoms with van der Waals surface area (Å²) in [4.78, 5) is 15.5. The number of thiazole rings is 1. The number of rotatable bonds is 2. The molecule has 0 aliphatic heterocycles. The number of halogens is 1. The molecule has 0 unspecified atom stereocenters. The van der Waals surface area contributed by atoms with Crippen molar-refractivity contribution in [2.45, 2.75) is 13.5 Å². The van der Waals surface area contributed by atoms with Crippen LogP contribution in [0.4, 0.5) is 0 Å². The predicted octanol–water partition coefficient (Wildman–Crippen LogP) is 2.11. The molecule has 0 saturated heterocycles. The van der Waals surface area contributed by atoms with Crippen LogP contribution in [0.5, 0.6) is 0 Å². The summed E-state index contributed by atoms with van der Waals surface area (Å²) in [5, 5.41) is 2.29. The number of aromatic nitrogens is 2. The fourth-order valence-electron chi connectivity index (χ4n) is 1.11. The molecule has 14 heavy (non-hydrogen) atoms. The molecule has 0 atom stereocenters. The smallest absolute Gasteiger partial charge is 0.303 e. The van der Waals surface area contributed by atoms with Crippen molar-refractivity contribution in [1.82, 2.24) is 9.38 Å². The molecule has 0 amide bonds. The number of carbonyl (C=O) groups excluding carboxylic acids is 1. The van der Waals surface area contributed by atoms with Crippen molar-refractivity contribution in [3.8, 4) is 0 Å². The van der Waals surface area contributed by atoms with Crippen LogP contribution in [0.2, 0.25) is 5.15 Å². The quantitative estimate of drug-likeness (QED) is 0.743. The zero-order valence-electron chi connectivity index (χ0n) is 7.36. The third-order valence-electron chi connectivity index (χ3n) is 1.72. The lowest BCUT2D eigenvalue weighted by Crippen LogP contribution is -2.01. The van der Waals surface area contributed by atoms with Crippen molar-refractivity contribution < 1.29 is 9.53 Å². The number of hydrogen-bond acceptors (Lipinski definition) is 4. The van der Waals surface area contributed by atoms with Crippen molar-refractivity contribution in [3.63, 3.8) is 0 Å². The summed E-state index contributed by atoms with van der Waals surface area (Å²) < 4.78 is 6.68. The van der Waals surface area contributed by atoms with E-state index in [1.54, 1.807) is 0 Å². The molecule has 0 fully saturated rings. The van der Waals surface area contributed by atoms with Gasteiger partial charge in [0, 0.05) is 18.5 Å². The van der Waals surface area contributed by atoms with Gasteiger partial charge in [-0.3, -0.25) is 9.20 Å². The van der Waals surface area contributed by atoms with E-state index in [0.717, 1.165) is 4.96 Å². The zero-order chi connectivity index (χ0) is 10.1. The zero-order valence-corrected chi connectivity index (χ0v) is 8.93. The largest absolute Gasteiger partial charge is 0.459 e. The monoisotopic (exact) mass is 230 g/mol. The Morgan fingerprint density at radius 3 is 3.29 bits per heavy atom. The fraction of sp³-hybridized carbons (Fsp3) is 0.250.